The first kappa shape index (κ1) is 17.1. The second-order valence-electron chi connectivity index (χ2n) is 5.42. The maximum absolute atomic E-state index is 12.4. The summed E-state index contributed by atoms with van der Waals surface area (Å²) in [5.41, 5.74) is 0.920. The van der Waals surface area contributed by atoms with Crippen LogP contribution in [0.25, 0.3) is 0 Å². The first-order valence-electron chi connectivity index (χ1n) is 7.47. The van der Waals surface area contributed by atoms with Gasteiger partial charge < -0.3 is 10.2 Å². The fraction of sp³-hybridized carbons (Fsp3) is 0.714. The number of carbonyl (C=O) groups excluding carboxylic acids is 1. The molecule has 1 N–H and O–H groups in total. The van der Waals surface area contributed by atoms with Crippen LogP contribution in [0.2, 0.25) is 0 Å². The maximum Gasteiger partial charge on any atom is 0.471 e. The van der Waals surface area contributed by atoms with E-state index in [1.165, 1.54) is 11.3 Å². The highest BCUT2D eigenvalue weighted by Gasteiger charge is 2.43. The molecular weight excluding hydrogens is 315 g/mol. The summed E-state index contributed by atoms with van der Waals surface area (Å²) in [6.45, 7) is 3.27. The van der Waals surface area contributed by atoms with Crippen LogP contribution in [0.15, 0.2) is 5.38 Å². The predicted octanol–water partition coefficient (Wildman–Crippen LogP) is 3.62. The molecule has 8 heteroatoms. The standard InChI is InChI=1S/C14H20F3N3OS/c1-2-3-6-18-13-19-11(9-22-13)10-4-7-20(8-5-10)12(21)14(15,16)17/h9-10H,2-8H2,1H3,(H,18,19). The maximum atomic E-state index is 12.4. The molecule has 22 heavy (non-hydrogen) atoms. The molecule has 0 radical (unpaired) electrons. The third-order valence-electron chi connectivity index (χ3n) is 3.77. The van der Waals surface area contributed by atoms with Gasteiger partial charge in [-0.25, -0.2) is 4.98 Å². The second-order valence-corrected chi connectivity index (χ2v) is 6.28. The molecule has 0 aliphatic carbocycles. The van der Waals surface area contributed by atoms with Crippen molar-refractivity contribution in [1.29, 1.82) is 0 Å². The molecule has 1 amide bonds. The zero-order chi connectivity index (χ0) is 16.2. The van der Waals surface area contributed by atoms with Crippen molar-refractivity contribution in [3.05, 3.63) is 11.1 Å². The van der Waals surface area contributed by atoms with Crippen LogP contribution in [0.1, 0.15) is 44.2 Å². The Balaban J connectivity index is 1.85. The molecule has 1 aromatic rings. The zero-order valence-corrected chi connectivity index (χ0v) is 13.3. The third-order valence-corrected chi connectivity index (χ3v) is 4.59. The van der Waals surface area contributed by atoms with Crippen molar-refractivity contribution >= 4 is 22.4 Å². The summed E-state index contributed by atoms with van der Waals surface area (Å²) in [6, 6.07) is 0. The van der Waals surface area contributed by atoms with E-state index < -0.39 is 12.1 Å². The number of rotatable bonds is 5. The average molecular weight is 335 g/mol. The van der Waals surface area contributed by atoms with E-state index in [0.29, 0.717) is 12.8 Å². The highest BCUT2D eigenvalue weighted by atomic mass is 32.1. The molecule has 0 saturated carbocycles. The number of unbranched alkanes of at least 4 members (excludes halogenated alkanes) is 1. The van der Waals surface area contributed by atoms with Crippen molar-refractivity contribution in [3.63, 3.8) is 0 Å². The molecule has 0 unspecified atom stereocenters. The molecule has 124 valence electrons. The minimum Gasteiger partial charge on any atom is -0.362 e. The van der Waals surface area contributed by atoms with Crippen molar-refractivity contribution in [1.82, 2.24) is 9.88 Å². The van der Waals surface area contributed by atoms with E-state index in [9.17, 15) is 18.0 Å². The topological polar surface area (TPSA) is 45.2 Å². The van der Waals surface area contributed by atoms with E-state index in [4.69, 9.17) is 0 Å². The van der Waals surface area contributed by atoms with Gasteiger partial charge in [0.25, 0.3) is 0 Å². The number of piperidine rings is 1. The van der Waals surface area contributed by atoms with E-state index in [1.807, 2.05) is 5.38 Å². The van der Waals surface area contributed by atoms with Crippen LogP contribution >= 0.6 is 11.3 Å². The lowest BCUT2D eigenvalue weighted by molar-refractivity contribution is -0.186. The van der Waals surface area contributed by atoms with Crippen LogP contribution < -0.4 is 5.32 Å². The number of alkyl halides is 3. The number of nitrogens with one attached hydrogen (secondary N) is 1. The Bertz CT molecular complexity index is 496. The molecule has 0 atom stereocenters. The Morgan fingerprint density at radius 3 is 2.73 bits per heavy atom. The number of carbonyl (C=O) groups is 1. The highest BCUT2D eigenvalue weighted by molar-refractivity contribution is 7.13. The third kappa shape index (κ3) is 4.34. The lowest BCUT2D eigenvalue weighted by Crippen LogP contribution is -2.45. The van der Waals surface area contributed by atoms with Crippen LogP contribution in [-0.2, 0) is 4.79 Å². The zero-order valence-electron chi connectivity index (χ0n) is 12.4. The van der Waals surface area contributed by atoms with Gasteiger partial charge in [-0.2, -0.15) is 13.2 Å². The molecular formula is C14H20F3N3OS. The number of hydrogen-bond acceptors (Lipinski definition) is 4. The smallest absolute Gasteiger partial charge is 0.362 e. The predicted molar refractivity (Wildman–Crippen MR) is 80.1 cm³/mol. The number of nitrogens with zero attached hydrogens (tertiary/aromatic N) is 2. The normalized spacial score (nSPS) is 16.8. The van der Waals surface area contributed by atoms with Crippen LogP contribution in [0.4, 0.5) is 18.3 Å². The lowest BCUT2D eigenvalue weighted by atomic mass is 9.94. The monoisotopic (exact) mass is 335 g/mol. The van der Waals surface area contributed by atoms with Gasteiger partial charge >= 0.3 is 12.1 Å². The van der Waals surface area contributed by atoms with Gasteiger partial charge in [-0.1, -0.05) is 13.3 Å². The average Bonchev–Trinajstić information content (AvgIpc) is 2.95. The largest absolute Gasteiger partial charge is 0.471 e. The minimum absolute atomic E-state index is 0.134. The van der Waals surface area contributed by atoms with Crippen LogP contribution in [-0.4, -0.2) is 41.6 Å². The Kier molecular flexibility index (Phi) is 5.66. The second kappa shape index (κ2) is 7.30. The van der Waals surface area contributed by atoms with Crippen LogP contribution in [0.3, 0.4) is 0 Å². The number of aromatic nitrogens is 1. The van der Waals surface area contributed by atoms with Crippen molar-refractivity contribution in [2.24, 2.45) is 0 Å². The molecule has 1 fully saturated rings. The first-order chi connectivity index (χ1) is 10.4. The molecule has 0 aromatic carbocycles. The van der Waals surface area contributed by atoms with Gasteiger partial charge in [0.15, 0.2) is 5.13 Å². The quantitative estimate of drug-likeness (QED) is 0.836. The molecule has 0 spiro atoms. The Morgan fingerprint density at radius 2 is 2.14 bits per heavy atom. The number of thiazole rings is 1. The summed E-state index contributed by atoms with van der Waals surface area (Å²) in [5, 5.41) is 6.06. The van der Waals surface area contributed by atoms with Gasteiger partial charge in [0.1, 0.15) is 0 Å². The summed E-state index contributed by atoms with van der Waals surface area (Å²) in [4.78, 5) is 16.6. The molecule has 0 bridgehead atoms. The van der Waals surface area contributed by atoms with Crippen molar-refractivity contribution in [2.75, 3.05) is 25.0 Å². The number of likely N-dealkylation sites (tertiary alicyclic amines) is 1. The molecule has 1 aliphatic rings. The van der Waals surface area contributed by atoms with Crippen molar-refractivity contribution in [3.8, 4) is 0 Å². The van der Waals surface area contributed by atoms with E-state index in [1.54, 1.807) is 0 Å². The summed E-state index contributed by atoms with van der Waals surface area (Å²) in [5.74, 6) is -1.60. The molecule has 2 rings (SSSR count). The Labute approximate surface area is 131 Å². The van der Waals surface area contributed by atoms with E-state index >= 15 is 0 Å². The molecule has 2 heterocycles. The summed E-state index contributed by atoms with van der Waals surface area (Å²) < 4.78 is 37.2. The summed E-state index contributed by atoms with van der Waals surface area (Å²) in [7, 11) is 0. The van der Waals surface area contributed by atoms with Gasteiger partial charge in [-0.05, 0) is 19.3 Å². The fourth-order valence-electron chi connectivity index (χ4n) is 2.48. The van der Waals surface area contributed by atoms with Gasteiger partial charge in [-0.3, -0.25) is 4.79 Å². The van der Waals surface area contributed by atoms with Gasteiger partial charge in [0.2, 0.25) is 0 Å². The molecule has 4 nitrogen and oxygen atoms in total. The first-order valence-corrected chi connectivity index (χ1v) is 8.35. The minimum atomic E-state index is -4.77. The molecule has 1 aliphatic heterocycles. The number of anilines is 1. The van der Waals surface area contributed by atoms with Crippen LogP contribution in [0.5, 0.6) is 0 Å². The van der Waals surface area contributed by atoms with E-state index in [2.05, 4.69) is 17.2 Å². The van der Waals surface area contributed by atoms with Gasteiger partial charge in [-0.15, -0.1) is 11.3 Å². The van der Waals surface area contributed by atoms with Gasteiger partial charge in [0, 0.05) is 30.9 Å². The van der Waals surface area contributed by atoms with E-state index in [0.717, 1.165) is 35.1 Å². The lowest BCUT2D eigenvalue weighted by Gasteiger charge is -2.31. The molecule has 1 aromatic heterocycles. The van der Waals surface area contributed by atoms with Gasteiger partial charge in [0.05, 0.1) is 5.69 Å². The number of halogens is 3. The van der Waals surface area contributed by atoms with E-state index in [-0.39, 0.29) is 19.0 Å². The Morgan fingerprint density at radius 1 is 1.45 bits per heavy atom. The highest BCUT2D eigenvalue weighted by Crippen LogP contribution is 2.31. The fourth-order valence-corrected chi connectivity index (χ4v) is 3.31. The number of hydrogen-bond donors (Lipinski definition) is 1. The summed E-state index contributed by atoms with van der Waals surface area (Å²) >= 11 is 1.52. The number of amides is 1. The van der Waals surface area contributed by atoms with Crippen molar-refractivity contribution in [2.45, 2.75) is 44.7 Å². The Hall–Kier alpha value is -1.31. The van der Waals surface area contributed by atoms with Crippen LogP contribution in [0, 0.1) is 0 Å². The van der Waals surface area contributed by atoms with Crippen molar-refractivity contribution < 1.29 is 18.0 Å². The summed E-state index contributed by atoms with van der Waals surface area (Å²) in [6.07, 6.45) is -1.53. The SMILES string of the molecule is CCCCNc1nc(C2CCN(C(=O)C(F)(F)F)CC2)cs1. The molecule has 1 saturated heterocycles.